The number of hydrogen-bond acceptors (Lipinski definition) is 9. The lowest BCUT2D eigenvalue weighted by Gasteiger charge is -2.37. The van der Waals surface area contributed by atoms with Gasteiger partial charge in [0.2, 0.25) is 5.95 Å². The first kappa shape index (κ1) is 27.1. The molecule has 3 aliphatic rings. The number of hydrogen-bond donors (Lipinski definition) is 2. The van der Waals surface area contributed by atoms with E-state index in [1.54, 1.807) is 18.3 Å². The van der Waals surface area contributed by atoms with Gasteiger partial charge in [0.1, 0.15) is 6.54 Å². The predicted molar refractivity (Wildman–Crippen MR) is 156 cm³/mol. The molecule has 0 saturated carbocycles. The van der Waals surface area contributed by atoms with Gasteiger partial charge in [-0.15, -0.1) is 0 Å². The minimum atomic E-state index is -0.276. The summed E-state index contributed by atoms with van der Waals surface area (Å²) < 4.78 is 11.8. The molecule has 2 atom stereocenters. The third-order valence-electron chi connectivity index (χ3n) is 8.18. The molecule has 3 aliphatic heterocycles. The minimum absolute atomic E-state index is 0.0219. The van der Waals surface area contributed by atoms with Crippen LogP contribution in [0.5, 0.6) is 0 Å². The number of amides is 1. The van der Waals surface area contributed by atoms with E-state index in [0.717, 1.165) is 74.7 Å². The Morgan fingerprint density at radius 3 is 2.37 bits per heavy atom. The first-order valence-corrected chi connectivity index (χ1v) is 14.3. The van der Waals surface area contributed by atoms with Crippen molar-refractivity contribution in [3.05, 3.63) is 65.9 Å². The second kappa shape index (κ2) is 12.2. The summed E-state index contributed by atoms with van der Waals surface area (Å²) >= 11 is 0. The average molecular weight is 554 g/mol. The fourth-order valence-corrected chi connectivity index (χ4v) is 5.96. The van der Waals surface area contributed by atoms with E-state index in [1.165, 1.54) is 5.69 Å². The standard InChI is InChI=1S/C31H35N7O3/c1-21-18-34-31(36-29(21)22-2-4-23(5-3-22)30(39)33-13-12-32)35-24-6-8-25(9-7-24)37-14-10-26(11-15-37)38-19-27-28(20-38)41-17-16-40-27/h2-9,18,26-28H,10-11,13-17,19-20H2,1H3,(H,33,39)(H,34,35,36). The normalized spacial score (nSPS) is 21.2. The van der Waals surface area contributed by atoms with Crippen molar-refractivity contribution in [1.82, 2.24) is 20.2 Å². The molecule has 10 nitrogen and oxygen atoms in total. The number of ether oxygens (including phenoxy) is 2. The molecule has 3 aromatic rings. The number of aromatic nitrogens is 2. The maximum absolute atomic E-state index is 12.1. The van der Waals surface area contributed by atoms with Crippen LogP contribution in [0, 0.1) is 18.3 Å². The van der Waals surface area contributed by atoms with Gasteiger partial charge in [-0.2, -0.15) is 5.26 Å². The van der Waals surface area contributed by atoms with E-state index in [4.69, 9.17) is 19.7 Å². The summed E-state index contributed by atoms with van der Waals surface area (Å²) in [5, 5.41) is 14.5. The molecular weight excluding hydrogens is 518 g/mol. The Bertz CT molecular complexity index is 1380. The molecule has 1 amide bonds. The van der Waals surface area contributed by atoms with Crippen molar-refractivity contribution in [3.8, 4) is 17.3 Å². The van der Waals surface area contributed by atoms with Crippen LogP contribution in [0.2, 0.25) is 0 Å². The lowest BCUT2D eigenvalue weighted by atomic mass is 10.0. The fraction of sp³-hybridized carbons (Fsp3) is 0.419. The van der Waals surface area contributed by atoms with Gasteiger partial charge >= 0.3 is 0 Å². The van der Waals surface area contributed by atoms with E-state index in [9.17, 15) is 4.79 Å². The zero-order chi connectivity index (χ0) is 28.2. The van der Waals surface area contributed by atoms with Crippen molar-refractivity contribution >= 4 is 23.2 Å². The molecule has 2 aromatic carbocycles. The second-order valence-corrected chi connectivity index (χ2v) is 10.8. The first-order valence-electron chi connectivity index (χ1n) is 14.3. The Balaban J connectivity index is 1.05. The lowest BCUT2D eigenvalue weighted by molar-refractivity contribution is -0.116. The topological polar surface area (TPSA) is 116 Å². The van der Waals surface area contributed by atoms with E-state index in [0.29, 0.717) is 17.6 Å². The number of piperidine rings is 1. The number of carbonyl (C=O) groups excluding carboxylic acids is 1. The van der Waals surface area contributed by atoms with Crippen molar-refractivity contribution in [2.24, 2.45) is 0 Å². The first-order chi connectivity index (χ1) is 20.1. The SMILES string of the molecule is Cc1cnc(Nc2ccc(N3CCC(N4CC5OCCOC5C4)CC3)cc2)nc1-c1ccc(C(=O)NCC#N)cc1. The van der Waals surface area contributed by atoms with Crippen LogP contribution in [0.4, 0.5) is 17.3 Å². The molecule has 41 heavy (non-hydrogen) atoms. The molecule has 3 saturated heterocycles. The minimum Gasteiger partial charge on any atom is -0.372 e. The van der Waals surface area contributed by atoms with Crippen LogP contribution >= 0.6 is 0 Å². The number of likely N-dealkylation sites (tertiary alicyclic amines) is 1. The number of nitriles is 1. The smallest absolute Gasteiger partial charge is 0.252 e. The van der Waals surface area contributed by atoms with Crippen LogP contribution in [0.3, 0.4) is 0 Å². The quantitative estimate of drug-likeness (QED) is 0.424. The summed E-state index contributed by atoms with van der Waals surface area (Å²) in [5.41, 5.74) is 5.25. The third kappa shape index (κ3) is 6.17. The number of anilines is 3. The number of rotatable bonds is 7. The van der Waals surface area contributed by atoms with Gasteiger partial charge in [-0.3, -0.25) is 9.69 Å². The van der Waals surface area contributed by atoms with Crippen LogP contribution < -0.4 is 15.5 Å². The zero-order valence-electron chi connectivity index (χ0n) is 23.3. The van der Waals surface area contributed by atoms with E-state index in [1.807, 2.05) is 25.1 Å². The van der Waals surface area contributed by atoms with Gasteiger partial charge in [0.05, 0.1) is 37.2 Å². The fourth-order valence-electron chi connectivity index (χ4n) is 5.96. The van der Waals surface area contributed by atoms with Gasteiger partial charge in [-0.05, 0) is 61.7 Å². The van der Waals surface area contributed by atoms with Crippen LogP contribution in [-0.4, -0.2) is 85.0 Å². The highest BCUT2D eigenvalue weighted by Crippen LogP contribution is 2.29. The largest absolute Gasteiger partial charge is 0.372 e. The summed E-state index contributed by atoms with van der Waals surface area (Å²) in [4.78, 5) is 26.4. The summed E-state index contributed by atoms with van der Waals surface area (Å²) in [6.07, 6.45) is 4.56. The highest BCUT2D eigenvalue weighted by Gasteiger charge is 2.40. The van der Waals surface area contributed by atoms with E-state index in [-0.39, 0.29) is 24.7 Å². The van der Waals surface area contributed by atoms with Gasteiger partial charge in [0.15, 0.2) is 0 Å². The molecule has 0 aliphatic carbocycles. The molecule has 4 heterocycles. The molecule has 6 rings (SSSR count). The predicted octanol–water partition coefficient (Wildman–Crippen LogP) is 3.52. The van der Waals surface area contributed by atoms with Gasteiger partial charge in [0.25, 0.3) is 5.91 Å². The number of nitrogens with one attached hydrogen (secondary N) is 2. The van der Waals surface area contributed by atoms with Crippen LogP contribution in [0.25, 0.3) is 11.3 Å². The molecule has 2 N–H and O–H groups in total. The van der Waals surface area contributed by atoms with Crippen LogP contribution in [0.1, 0.15) is 28.8 Å². The Labute approximate surface area is 240 Å². The molecular formula is C31H35N7O3. The number of nitrogens with zero attached hydrogens (tertiary/aromatic N) is 5. The summed E-state index contributed by atoms with van der Waals surface area (Å²) in [6.45, 7) is 7.43. The maximum atomic E-state index is 12.1. The Morgan fingerprint density at radius 1 is 1.02 bits per heavy atom. The molecule has 3 fully saturated rings. The van der Waals surface area contributed by atoms with Crippen LogP contribution in [-0.2, 0) is 9.47 Å². The summed E-state index contributed by atoms with van der Waals surface area (Å²) in [6, 6.07) is 18.1. The van der Waals surface area contributed by atoms with E-state index >= 15 is 0 Å². The Kier molecular flexibility index (Phi) is 8.09. The molecule has 0 spiro atoms. The van der Waals surface area contributed by atoms with Gasteiger partial charge in [0, 0.05) is 60.9 Å². The highest BCUT2D eigenvalue weighted by molar-refractivity contribution is 5.94. The van der Waals surface area contributed by atoms with Crippen molar-refractivity contribution in [2.75, 3.05) is 56.2 Å². The van der Waals surface area contributed by atoms with E-state index in [2.05, 4.69) is 49.7 Å². The van der Waals surface area contributed by atoms with Crippen molar-refractivity contribution in [2.45, 2.75) is 38.0 Å². The maximum Gasteiger partial charge on any atom is 0.252 e. The van der Waals surface area contributed by atoms with Crippen molar-refractivity contribution < 1.29 is 14.3 Å². The second-order valence-electron chi connectivity index (χ2n) is 10.8. The molecule has 0 bridgehead atoms. The number of fused-ring (bicyclic) bond motifs is 1. The lowest BCUT2D eigenvalue weighted by Crippen LogP contribution is -2.44. The van der Waals surface area contributed by atoms with Crippen molar-refractivity contribution in [1.29, 1.82) is 5.26 Å². The Morgan fingerprint density at radius 2 is 1.71 bits per heavy atom. The molecule has 0 radical (unpaired) electrons. The number of aryl methyl sites for hydroxylation is 1. The molecule has 1 aromatic heterocycles. The van der Waals surface area contributed by atoms with Crippen LogP contribution in [0.15, 0.2) is 54.7 Å². The monoisotopic (exact) mass is 553 g/mol. The third-order valence-corrected chi connectivity index (χ3v) is 8.18. The van der Waals surface area contributed by atoms with Gasteiger partial charge in [-0.25, -0.2) is 9.97 Å². The van der Waals surface area contributed by atoms with Crippen molar-refractivity contribution in [3.63, 3.8) is 0 Å². The molecule has 2 unspecified atom stereocenters. The average Bonchev–Trinajstić information content (AvgIpc) is 3.46. The van der Waals surface area contributed by atoms with Gasteiger partial charge in [-0.1, -0.05) is 12.1 Å². The van der Waals surface area contributed by atoms with Gasteiger partial charge < -0.3 is 25.0 Å². The van der Waals surface area contributed by atoms with E-state index < -0.39 is 0 Å². The Hall–Kier alpha value is -4.04. The number of carbonyl (C=O) groups is 1. The summed E-state index contributed by atoms with van der Waals surface area (Å²) in [5.74, 6) is 0.232. The zero-order valence-corrected chi connectivity index (χ0v) is 23.3. The highest BCUT2D eigenvalue weighted by atomic mass is 16.6. The number of benzene rings is 2. The molecule has 212 valence electrons. The summed E-state index contributed by atoms with van der Waals surface area (Å²) in [7, 11) is 0. The molecule has 10 heteroatoms.